The Morgan fingerprint density at radius 1 is 1.00 bits per heavy atom. The molecule has 0 aromatic carbocycles. The Kier molecular flexibility index (Phi) is 4.08. The fourth-order valence-corrected chi connectivity index (χ4v) is 4.01. The molecule has 0 aromatic rings. The van der Waals surface area contributed by atoms with Crippen LogP contribution in [0, 0.1) is 11.8 Å². The summed E-state index contributed by atoms with van der Waals surface area (Å²) in [5.74, 6) is 0.170. The van der Waals surface area contributed by atoms with Gasteiger partial charge in [0.15, 0.2) is 0 Å². The van der Waals surface area contributed by atoms with Crippen molar-refractivity contribution in [3.8, 4) is 0 Å². The highest BCUT2D eigenvalue weighted by Gasteiger charge is 2.41. The molecular formula is C15H26N2O2. The predicted octanol–water partition coefficient (Wildman–Crippen LogP) is 1.66. The molecule has 2 aliphatic heterocycles. The summed E-state index contributed by atoms with van der Waals surface area (Å²) >= 11 is 0. The number of piperidine rings is 1. The Morgan fingerprint density at radius 2 is 1.68 bits per heavy atom. The number of aliphatic carboxylic acids is 1. The number of carbonyl (C=O) groups is 1. The molecule has 0 spiro atoms. The smallest absolute Gasteiger partial charge is 0.308 e. The Hall–Kier alpha value is -0.610. The van der Waals surface area contributed by atoms with Gasteiger partial charge in [0, 0.05) is 12.6 Å². The average molecular weight is 266 g/mol. The molecule has 19 heavy (non-hydrogen) atoms. The second-order valence-electron chi connectivity index (χ2n) is 6.58. The molecule has 4 heteroatoms. The zero-order chi connectivity index (χ0) is 13.2. The van der Waals surface area contributed by atoms with Crippen LogP contribution in [0.3, 0.4) is 0 Å². The van der Waals surface area contributed by atoms with E-state index in [1.807, 2.05) is 0 Å². The molecule has 2 saturated heterocycles. The fraction of sp³-hybridized carbons (Fsp3) is 0.933. The summed E-state index contributed by atoms with van der Waals surface area (Å²) in [6.45, 7) is 6.11. The lowest BCUT2D eigenvalue weighted by Gasteiger charge is -2.45. The van der Waals surface area contributed by atoms with Gasteiger partial charge in [-0.1, -0.05) is 0 Å². The molecule has 2 atom stereocenters. The molecule has 3 fully saturated rings. The monoisotopic (exact) mass is 266 g/mol. The molecule has 3 aliphatic rings. The quantitative estimate of drug-likeness (QED) is 0.840. The maximum Gasteiger partial charge on any atom is 0.308 e. The SMILES string of the molecule is O=C(O)C1CCC1N1CCC(CN2CCCC2)CC1. The molecule has 0 bridgehead atoms. The summed E-state index contributed by atoms with van der Waals surface area (Å²) in [5, 5.41) is 9.14. The first-order chi connectivity index (χ1) is 9.24. The maximum atomic E-state index is 11.1. The number of hydrogen-bond acceptors (Lipinski definition) is 3. The minimum atomic E-state index is -0.588. The van der Waals surface area contributed by atoms with Crippen molar-refractivity contribution in [3.05, 3.63) is 0 Å². The van der Waals surface area contributed by atoms with Gasteiger partial charge in [0.25, 0.3) is 0 Å². The van der Waals surface area contributed by atoms with Crippen molar-refractivity contribution >= 4 is 5.97 Å². The third-order valence-electron chi connectivity index (χ3n) is 5.39. The zero-order valence-electron chi connectivity index (χ0n) is 11.8. The third-order valence-corrected chi connectivity index (χ3v) is 5.39. The van der Waals surface area contributed by atoms with Crippen molar-refractivity contribution in [1.29, 1.82) is 0 Å². The van der Waals surface area contributed by atoms with Crippen molar-refractivity contribution in [3.63, 3.8) is 0 Å². The van der Waals surface area contributed by atoms with Gasteiger partial charge in [0.2, 0.25) is 0 Å². The van der Waals surface area contributed by atoms with Crippen molar-refractivity contribution in [2.45, 2.75) is 44.6 Å². The lowest BCUT2D eigenvalue weighted by molar-refractivity contribution is -0.149. The molecular weight excluding hydrogens is 240 g/mol. The first-order valence-corrected chi connectivity index (χ1v) is 7.93. The summed E-state index contributed by atoms with van der Waals surface area (Å²) in [6.07, 6.45) is 7.25. The van der Waals surface area contributed by atoms with Crippen LogP contribution >= 0.6 is 0 Å². The fourth-order valence-electron chi connectivity index (χ4n) is 4.01. The Labute approximate surface area is 115 Å². The summed E-state index contributed by atoms with van der Waals surface area (Å²) < 4.78 is 0. The van der Waals surface area contributed by atoms with E-state index in [0.717, 1.165) is 31.8 Å². The summed E-state index contributed by atoms with van der Waals surface area (Å²) in [5.41, 5.74) is 0. The zero-order valence-corrected chi connectivity index (χ0v) is 11.8. The highest BCUT2D eigenvalue weighted by Crippen LogP contribution is 2.35. The molecule has 1 N–H and O–H groups in total. The maximum absolute atomic E-state index is 11.1. The second-order valence-corrected chi connectivity index (χ2v) is 6.58. The number of likely N-dealkylation sites (tertiary alicyclic amines) is 2. The summed E-state index contributed by atoms with van der Waals surface area (Å²) in [4.78, 5) is 16.2. The number of carboxylic acid groups (broad SMARTS) is 1. The Bertz CT molecular complexity index is 320. The molecule has 2 heterocycles. The van der Waals surface area contributed by atoms with Gasteiger partial charge in [-0.3, -0.25) is 9.69 Å². The van der Waals surface area contributed by atoms with Crippen molar-refractivity contribution < 1.29 is 9.90 Å². The van der Waals surface area contributed by atoms with E-state index < -0.39 is 5.97 Å². The van der Waals surface area contributed by atoms with E-state index >= 15 is 0 Å². The lowest BCUT2D eigenvalue weighted by atomic mass is 9.77. The highest BCUT2D eigenvalue weighted by atomic mass is 16.4. The van der Waals surface area contributed by atoms with Crippen molar-refractivity contribution in [2.24, 2.45) is 11.8 Å². The van der Waals surface area contributed by atoms with E-state index in [-0.39, 0.29) is 5.92 Å². The second kappa shape index (κ2) is 5.80. The van der Waals surface area contributed by atoms with Crippen LogP contribution in [0.1, 0.15) is 38.5 Å². The van der Waals surface area contributed by atoms with Crippen LogP contribution in [-0.2, 0) is 4.79 Å². The minimum Gasteiger partial charge on any atom is -0.481 e. The van der Waals surface area contributed by atoms with E-state index in [1.54, 1.807) is 0 Å². The first kappa shape index (κ1) is 13.4. The Morgan fingerprint density at radius 3 is 2.21 bits per heavy atom. The number of nitrogens with zero attached hydrogens (tertiary/aromatic N) is 2. The molecule has 3 rings (SSSR count). The average Bonchev–Trinajstić information content (AvgIpc) is 2.82. The van der Waals surface area contributed by atoms with Gasteiger partial charge >= 0.3 is 5.97 Å². The van der Waals surface area contributed by atoms with Crippen molar-refractivity contribution in [2.75, 3.05) is 32.7 Å². The minimum absolute atomic E-state index is 0.0878. The lowest BCUT2D eigenvalue weighted by Crippen LogP contribution is -2.53. The molecule has 1 saturated carbocycles. The van der Waals surface area contributed by atoms with Gasteiger partial charge in [-0.15, -0.1) is 0 Å². The molecule has 108 valence electrons. The molecule has 0 aromatic heterocycles. The van der Waals surface area contributed by atoms with Crippen LogP contribution < -0.4 is 0 Å². The van der Waals surface area contributed by atoms with Gasteiger partial charge in [0.1, 0.15) is 0 Å². The van der Waals surface area contributed by atoms with E-state index in [2.05, 4.69) is 9.80 Å². The molecule has 1 aliphatic carbocycles. The van der Waals surface area contributed by atoms with Crippen LogP contribution in [-0.4, -0.2) is 59.6 Å². The number of hydrogen-bond donors (Lipinski definition) is 1. The van der Waals surface area contributed by atoms with Gasteiger partial charge in [-0.05, 0) is 70.6 Å². The van der Waals surface area contributed by atoms with E-state index in [0.29, 0.717) is 6.04 Å². The molecule has 0 radical (unpaired) electrons. The number of rotatable bonds is 4. The summed E-state index contributed by atoms with van der Waals surface area (Å²) in [6, 6.07) is 0.338. The van der Waals surface area contributed by atoms with Gasteiger partial charge in [-0.25, -0.2) is 0 Å². The van der Waals surface area contributed by atoms with E-state index in [9.17, 15) is 4.79 Å². The highest BCUT2D eigenvalue weighted by molar-refractivity contribution is 5.72. The van der Waals surface area contributed by atoms with Crippen LogP contribution in [0.4, 0.5) is 0 Å². The van der Waals surface area contributed by atoms with Gasteiger partial charge in [-0.2, -0.15) is 0 Å². The molecule has 4 nitrogen and oxygen atoms in total. The predicted molar refractivity (Wildman–Crippen MR) is 74.1 cm³/mol. The first-order valence-electron chi connectivity index (χ1n) is 7.93. The summed E-state index contributed by atoms with van der Waals surface area (Å²) in [7, 11) is 0. The van der Waals surface area contributed by atoms with Crippen molar-refractivity contribution in [1.82, 2.24) is 9.80 Å². The van der Waals surface area contributed by atoms with E-state index in [1.165, 1.54) is 45.3 Å². The van der Waals surface area contributed by atoms with E-state index in [4.69, 9.17) is 5.11 Å². The normalized spacial score (nSPS) is 34.3. The van der Waals surface area contributed by atoms with Gasteiger partial charge in [0.05, 0.1) is 5.92 Å². The van der Waals surface area contributed by atoms with Crippen LogP contribution in [0.5, 0.6) is 0 Å². The van der Waals surface area contributed by atoms with Crippen LogP contribution in [0.25, 0.3) is 0 Å². The molecule has 2 unspecified atom stereocenters. The standard InChI is InChI=1S/C15H26N2O2/c18-15(19)13-3-4-14(13)17-9-5-12(6-10-17)11-16-7-1-2-8-16/h12-14H,1-11H2,(H,18,19). The van der Waals surface area contributed by atoms with Gasteiger partial charge < -0.3 is 10.0 Å². The molecule has 0 amide bonds. The third kappa shape index (κ3) is 2.95. The number of carboxylic acids is 1. The largest absolute Gasteiger partial charge is 0.481 e. The Balaban J connectivity index is 1.43. The van der Waals surface area contributed by atoms with Crippen LogP contribution in [0.15, 0.2) is 0 Å². The topological polar surface area (TPSA) is 43.8 Å². The van der Waals surface area contributed by atoms with Crippen LogP contribution in [0.2, 0.25) is 0 Å².